The van der Waals surface area contributed by atoms with Crippen molar-refractivity contribution in [2.75, 3.05) is 0 Å². The van der Waals surface area contributed by atoms with E-state index in [1.54, 1.807) is 0 Å². The Morgan fingerprint density at radius 2 is 1.94 bits per heavy atom. The van der Waals surface area contributed by atoms with Crippen LogP contribution in [-0.2, 0) is 6.54 Å². The topological polar surface area (TPSA) is 24.9 Å². The van der Waals surface area contributed by atoms with Crippen LogP contribution in [0.3, 0.4) is 0 Å². The zero-order valence-electron chi connectivity index (χ0n) is 9.32. The van der Waals surface area contributed by atoms with Gasteiger partial charge in [0.2, 0.25) is 0 Å². The molecule has 1 N–H and O–H groups in total. The molecule has 0 unspecified atom stereocenters. The Kier molecular flexibility index (Phi) is 2.86. The molecular weight excluding hydrogens is 220 g/mol. The van der Waals surface area contributed by atoms with Gasteiger partial charge in [-0.05, 0) is 49.1 Å². The summed E-state index contributed by atoms with van der Waals surface area (Å²) in [5, 5.41) is 4.27. The van der Waals surface area contributed by atoms with Gasteiger partial charge < -0.3 is 5.32 Å². The van der Waals surface area contributed by atoms with E-state index in [0.717, 1.165) is 24.4 Å². The van der Waals surface area contributed by atoms with Gasteiger partial charge in [0.1, 0.15) is 5.15 Å². The van der Waals surface area contributed by atoms with Gasteiger partial charge in [-0.25, -0.2) is 4.98 Å². The van der Waals surface area contributed by atoms with Gasteiger partial charge in [-0.15, -0.1) is 0 Å². The van der Waals surface area contributed by atoms with Crippen molar-refractivity contribution in [3.8, 4) is 0 Å². The third kappa shape index (κ3) is 2.55. The molecule has 86 valence electrons. The molecule has 2 aliphatic rings. The number of nitrogens with one attached hydrogen (secondary N) is 1. The van der Waals surface area contributed by atoms with Gasteiger partial charge >= 0.3 is 0 Å². The summed E-state index contributed by atoms with van der Waals surface area (Å²) in [5.74, 6) is 1.90. The predicted octanol–water partition coefficient (Wildman–Crippen LogP) is 3.01. The van der Waals surface area contributed by atoms with Gasteiger partial charge in [-0.3, -0.25) is 0 Å². The summed E-state index contributed by atoms with van der Waals surface area (Å²) >= 11 is 5.76. The lowest BCUT2D eigenvalue weighted by atomic mass is 10.1. The molecule has 1 heterocycles. The van der Waals surface area contributed by atoms with Gasteiger partial charge in [-0.2, -0.15) is 0 Å². The first-order chi connectivity index (χ1) is 7.83. The minimum absolute atomic E-state index is 0.574. The largest absolute Gasteiger partial charge is 0.309 e. The van der Waals surface area contributed by atoms with Gasteiger partial charge in [-0.1, -0.05) is 17.7 Å². The predicted molar refractivity (Wildman–Crippen MR) is 65.3 cm³/mol. The molecule has 3 heteroatoms. The Balaban J connectivity index is 1.56. The van der Waals surface area contributed by atoms with Gasteiger partial charge in [0.15, 0.2) is 0 Å². The zero-order chi connectivity index (χ0) is 11.0. The summed E-state index contributed by atoms with van der Waals surface area (Å²) in [6.45, 7) is 0.932. The quantitative estimate of drug-likeness (QED) is 0.795. The molecule has 3 rings (SSSR count). The molecule has 2 saturated carbocycles. The first kappa shape index (κ1) is 10.5. The van der Waals surface area contributed by atoms with Crippen LogP contribution in [0.5, 0.6) is 0 Å². The number of aromatic nitrogens is 1. The summed E-state index contributed by atoms with van der Waals surface area (Å²) in [4.78, 5) is 4.10. The number of pyridine rings is 1. The Morgan fingerprint density at radius 3 is 2.44 bits per heavy atom. The second-order valence-corrected chi connectivity index (χ2v) is 5.46. The first-order valence-corrected chi connectivity index (χ1v) is 6.54. The van der Waals surface area contributed by atoms with Gasteiger partial charge in [0.25, 0.3) is 0 Å². The van der Waals surface area contributed by atoms with E-state index in [9.17, 15) is 0 Å². The highest BCUT2D eigenvalue weighted by molar-refractivity contribution is 6.29. The van der Waals surface area contributed by atoms with Crippen LogP contribution in [0.4, 0.5) is 0 Å². The second-order valence-electron chi connectivity index (χ2n) is 5.07. The van der Waals surface area contributed by atoms with Crippen LogP contribution in [0.1, 0.15) is 31.2 Å². The smallest absolute Gasteiger partial charge is 0.129 e. The van der Waals surface area contributed by atoms with Crippen molar-refractivity contribution in [3.63, 3.8) is 0 Å². The first-order valence-electron chi connectivity index (χ1n) is 6.17. The van der Waals surface area contributed by atoms with Crippen molar-refractivity contribution < 1.29 is 0 Å². The molecule has 16 heavy (non-hydrogen) atoms. The molecule has 2 nitrogen and oxygen atoms in total. The van der Waals surface area contributed by atoms with Gasteiger partial charge in [0.05, 0.1) is 0 Å². The highest BCUT2D eigenvalue weighted by atomic mass is 35.5. The molecule has 0 amide bonds. The maximum atomic E-state index is 5.76. The van der Waals surface area contributed by atoms with Crippen molar-refractivity contribution in [1.29, 1.82) is 0 Å². The highest BCUT2D eigenvalue weighted by Gasteiger charge is 2.40. The molecule has 2 fully saturated rings. The molecule has 0 spiro atoms. The Hall–Kier alpha value is -0.600. The molecule has 0 atom stereocenters. The SMILES string of the molecule is Clc1ccc(CNC(C2CC2)C2CC2)cn1. The molecule has 0 saturated heterocycles. The van der Waals surface area contributed by atoms with E-state index in [2.05, 4.69) is 16.4 Å². The van der Waals surface area contributed by atoms with Gasteiger partial charge in [0, 0.05) is 18.8 Å². The average Bonchev–Trinajstić information content (AvgIpc) is 3.15. The zero-order valence-corrected chi connectivity index (χ0v) is 10.1. The van der Waals surface area contributed by atoms with E-state index < -0.39 is 0 Å². The molecule has 0 radical (unpaired) electrons. The summed E-state index contributed by atoms with van der Waals surface area (Å²) in [6, 6.07) is 4.68. The fourth-order valence-corrected chi connectivity index (χ4v) is 2.49. The molecule has 1 aromatic heterocycles. The van der Waals surface area contributed by atoms with Crippen LogP contribution in [0.2, 0.25) is 5.15 Å². The Morgan fingerprint density at radius 1 is 1.25 bits per heavy atom. The molecule has 0 aliphatic heterocycles. The maximum Gasteiger partial charge on any atom is 0.129 e. The van der Waals surface area contributed by atoms with Crippen molar-refractivity contribution >= 4 is 11.6 Å². The molecule has 2 aliphatic carbocycles. The van der Waals surface area contributed by atoms with Crippen molar-refractivity contribution in [2.24, 2.45) is 11.8 Å². The Bertz CT molecular complexity index is 343. The van der Waals surface area contributed by atoms with Crippen LogP contribution in [-0.4, -0.2) is 11.0 Å². The number of hydrogen-bond donors (Lipinski definition) is 1. The third-order valence-electron chi connectivity index (χ3n) is 3.59. The summed E-state index contributed by atoms with van der Waals surface area (Å²) < 4.78 is 0. The monoisotopic (exact) mass is 236 g/mol. The maximum absolute atomic E-state index is 5.76. The minimum Gasteiger partial charge on any atom is -0.309 e. The minimum atomic E-state index is 0.574. The summed E-state index contributed by atoms with van der Waals surface area (Å²) in [6.07, 6.45) is 7.56. The van der Waals surface area contributed by atoms with Crippen molar-refractivity contribution in [3.05, 3.63) is 29.0 Å². The lowest BCUT2D eigenvalue weighted by Crippen LogP contribution is -2.32. The van der Waals surface area contributed by atoms with Crippen molar-refractivity contribution in [1.82, 2.24) is 10.3 Å². The van der Waals surface area contributed by atoms with Crippen LogP contribution in [0.25, 0.3) is 0 Å². The summed E-state index contributed by atoms with van der Waals surface area (Å²) in [5.41, 5.74) is 1.23. The molecule has 1 aromatic rings. The van der Waals surface area contributed by atoms with E-state index in [1.807, 2.05) is 12.3 Å². The lowest BCUT2D eigenvalue weighted by Gasteiger charge is -2.17. The molecule has 0 bridgehead atoms. The number of halogens is 1. The lowest BCUT2D eigenvalue weighted by molar-refractivity contribution is 0.415. The normalized spacial score (nSPS) is 20.4. The molecular formula is C13H17ClN2. The Labute approximate surface area is 101 Å². The number of rotatable bonds is 5. The molecule has 0 aromatic carbocycles. The van der Waals surface area contributed by atoms with Crippen molar-refractivity contribution in [2.45, 2.75) is 38.3 Å². The average molecular weight is 237 g/mol. The standard InChI is InChI=1S/C13H17ClN2/c14-12-6-1-9(7-15-12)8-16-13(10-2-3-10)11-4-5-11/h1,6-7,10-11,13,16H,2-5,8H2. The van der Waals surface area contributed by atoms with Crippen LogP contribution < -0.4 is 5.32 Å². The van der Waals surface area contributed by atoms with Crippen LogP contribution in [0, 0.1) is 11.8 Å². The fourth-order valence-electron chi connectivity index (χ4n) is 2.38. The van der Waals surface area contributed by atoms with Crippen LogP contribution >= 0.6 is 11.6 Å². The van der Waals surface area contributed by atoms with Crippen LogP contribution in [0.15, 0.2) is 18.3 Å². The van der Waals surface area contributed by atoms with E-state index in [0.29, 0.717) is 5.15 Å². The second kappa shape index (κ2) is 4.34. The number of nitrogens with zero attached hydrogens (tertiary/aromatic N) is 1. The third-order valence-corrected chi connectivity index (χ3v) is 3.81. The van der Waals surface area contributed by atoms with E-state index in [-0.39, 0.29) is 0 Å². The van der Waals surface area contributed by atoms with E-state index in [1.165, 1.54) is 31.2 Å². The number of hydrogen-bond acceptors (Lipinski definition) is 2. The summed E-state index contributed by atoms with van der Waals surface area (Å²) in [7, 11) is 0. The van der Waals surface area contributed by atoms with E-state index >= 15 is 0 Å². The van der Waals surface area contributed by atoms with E-state index in [4.69, 9.17) is 11.6 Å². The highest BCUT2D eigenvalue weighted by Crippen LogP contribution is 2.44. The fraction of sp³-hybridized carbons (Fsp3) is 0.615.